The third-order valence-corrected chi connectivity index (χ3v) is 4.95. The molecule has 2 heterocycles. The van der Waals surface area contributed by atoms with Crippen molar-refractivity contribution in [1.29, 1.82) is 0 Å². The lowest BCUT2D eigenvalue weighted by Crippen LogP contribution is -2.48. The number of hydrogen-bond donors (Lipinski definition) is 1. The van der Waals surface area contributed by atoms with Crippen LogP contribution in [0.1, 0.15) is 24.9 Å². The van der Waals surface area contributed by atoms with Gasteiger partial charge in [0.15, 0.2) is 5.96 Å². The van der Waals surface area contributed by atoms with Crippen LogP contribution >= 0.6 is 35.6 Å². The molecule has 0 saturated carbocycles. The van der Waals surface area contributed by atoms with Gasteiger partial charge < -0.3 is 14.8 Å². The fraction of sp³-hybridized carbons (Fsp3) is 0.444. The summed E-state index contributed by atoms with van der Waals surface area (Å²) in [5, 5.41) is 4.22. The average molecular weight is 474 g/mol. The molecule has 136 valence electrons. The Morgan fingerprint density at radius 3 is 2.76 bits per heavy atom. The number of aliphatic imine (C=N–C) groups is 1. The molecule has 0 aliphatic carbocycles. The highest BCUT2D eigenvalue weighted by molar-refractivity contribution is 14.0. The van der Waals surface area contributed by atoms with Gasteiger partial charge in [-0.05, 0) is 30.0 Å². The maximum Gasteiger partial charge on any atom is 0.193 e. The number of nitrogens with one attached hydrogen (secondary N) is 1. The first-order valence-corrected chi connectivity index (χ1v) is 8.72. The van der Waals surface area contributed by atoms with Gasteiger partial charge in [-0.3, -0.25) is 4.99 Å². The van der Waals surface area contributed by atoms with Gasteiger partial charge in [0.1, 0.15) is 0 Å². The predicted molar refractivity (Wildman–Crippen MR) is 114 cm³/mol. The van der Waals surface area contributed by atoms with Crippen LogP contribution in [-0.2, 0) is 6.54 Å². The number of hydrogen-bond acceptors (Lipinski definition) is 2. The van der Waals surface area contributed by atoms with Gasteiger partial charge in [0.25, 0.3) is 0 Å². The molecule has 1 aromatic carbocycles. The van der Waals surface area contributed by atoms with Crippen molar-refractivity contribution in [3.63, 3.8) is 0 Å². The van der Waals surface area contributed by atoms with E-state index in [0.29, 0.717) is 12.0 Å². The minimum Gasteiger partial charge on any atom is -0.352 e. The standard InChI is InChI=1S/C18H24ClN5.HI/c1-14-7-9-23(12-17(14)24-10-8-21-13-24)18(20-2)22-11-15-3-5-16(19)6-4-15;/h3-6,8,10,13-14,17H,7,9,11-12H2,1-2H3,(H,20,22);1H. The first-order chi connectivity index (χ1) is 11.7. The molecule has 0 radical (unpaired) electrons. The summed E-state index contributed by atoms with van der Waals surface area (Å²) >= 11 is 5.94. The number of rotatable bonds is 3. The molecule has 5 nitrogen and oxygen atoms in total. The third kappa shape index (κ3) is 5.10. The maximum absolute atomic E-state index is 5.94. The molecule has 1 aliphatic heterocycles. The first kappa shape index (κ1) is 20.0. The van der Waals surface area contributed by atoms with Crippen LogP contribution in [0.2, 0.25) is 5.02 Å². The zero-order valence-corrected chi connectivity index (χ0v) is 17.7. The van der Waals surface area contributed by atoms with E-state index < -0.39 is 0 Å². The summed E-state index contributed by atoms with van der Waals surface area (Å²) in [6.07, 6.45) is 6.95. The number of benzene rings is 1. The Balaban J connectivity index is 0.00000225. The molecule has 1 aliphatic rings. The van der Waals surface area contributed by atoms with Crippen molar-refractivity contribution in [3.8, 4) is 0 Å². The quantitative estimate of drug-likeness (QED) is 0.419. The fourth-order valence-electron chi connectivity index (χ4n) is 3.21. The number of halogens is 2. The van der Waals surface area contributed by atoms with Gasteiger partial charge in [-0.2, -0.15) is 0 Å². The molecule has 2 unspecified atom stereocenters. The van der Waals surface area contributed by atoms with Crippen LogP contribution in [0.4, 0.5) is 0 Å². The van der Waals surface area contributed by atoms with E-state index in [4.69, 9.17) is 11.6 Å². The highest BCUT2D eigenvalue weighted by Gasteiger charge is 2.28. The number of nitrogens with zero attached hydrogens (tertiary/aromatic N) is 4. The lowest BCUT2D eigenvalue weighted by atomic mass is 9.93. The minimum atomic E-state index is 0. The van der Waals surface area contributed by atoms with Crippen molar-refractivity contribution >= 4 is 41.5 Å². The second-order valence-electron chi connectivity index (χ2n) is 6.32. The predicted octanol–water partition coefficient (Wildman–Crippen LogP) is 3.81. The van der Waals surface area contributed by atoms with Gasteiger partial charge in [0.2, 0.25) is 0 Å². The molecule has 2 atom stereocenters. The summed E-state index contributed by atoms with van der Waals surface area (Å²) in [6, 6.07) is 8.33. The molecular weight excluding hydrogens is 449 g/mol. The van der Waals surface area contributed by atoms with Gasteiger partial charge in [-0.1, -0.05) is 30.7 Å². The summed E-state index contributed by atoms with van der Waals surface area (Å²) in [6.45, 7) is 5.02. The Bertz CT molecular complexity index is 671. The topological polar surface area (TPSA) is 45.5 Å². The van der Waals surface area contributed by atoms with Crippen LogP contribution in [0, 0.1) is 5.92 Å². The van der Waals surface area contributed by atoms with E-state index in [1.54, 1.807) is 0 Å². The van der Waals surface area contributed by atoms with E-state index in [9.17, 15) is 0 Å². The summed E-state index contributed by atoms with van der Waals surface area (Å²) in [5.41, 5.74) is 1.19. The first-order valence-electron chi connectivity index (χ1n) is 8.35. The molecule has 0 bridgehead atoms. The zero-order valence-electron chi connectivity index (χ0n) is 14.6. The van der Waals surface area contributed by atoms with Crippen LogP contribution < -0.4 is 5.32 Å². The zero-order chi connectivity index (χ0) is 16.9. The molecular formula is C18H25ClIN5. The molecule has 0 spiro atoms. The highest BCUT2D eigenvalue weighted by Crippen LogP contribution is 2.27. The fourth-order valence-corrected chi connectivity index (χ4v) is 3.34. The number of piperidine rings is 1. The van der Waals surface area contributed by atoms with E-state index >= 15 is 0 Å². The largest absolute Gasteiger partial charge is 0.352 e. The van der Waals surface area contributed by atoms with Crippen molar-refractivity contribution in [2.75, 3.05) is 20.1 Å². The summed E-state index contributed by atoms with van der Waals surface area (Å²) in [4.78, 5) is 11.0. The second-order valence-corrected chi connectivity index (χ2v) is 6.75. The molecule has 0 amide bonds. The molecule has 1 saturated heterocycles. The lowest BCUT2D eigenvalue weighted by Gasteiger charge is -2.39. The van der Waals surface area contributed by atoms with E-state index in [1.807, 2.05) is 43.8 Å². The maximum atomic E-state index is 5.94. The van der Waals surface area contributed by atoms with E-state index in [2.05, 4.69) is 37.9 Å². The molecule has 7 heteroatoms. The minimum absolute atomic E-state index is 0. The number of aromatic nitrogens is 2. The SMILES string of the molecule is CN=C(NCc1ccc(Cl)cc1)N1CCC(C)C(n2ccnc2)C1.I. The van der Waals surface area contributed by atoms with E-state index in [-0.39, 0.29) is 24.0 Å². The number of guanidine groups is 1. The van der Waals surface area contributed by atoms with Crippen LogP contribution in [0.3, 0.4) is 0 Å². The van der Waals surface area contributed by atoms with Gasteiger partial charge in [0, 0.05) is 44.1 Å². The summed E-state index contributed by atoms with van der Waals surface area (Å²) < 4.78 is 2.21. The third-order valence-electron chi connectivity index (χ3n) is 4.70. The van der Waals surface area contributed by atoms with E-state index in [0.717, 1.165) is 37.0 Å². The average Bonchev–Trinajstić information content (AvgIpc) is 3.12. The van der Waals surface area contributed by atoms with Crippen LogP contribution in [0.25, 0.3) is 0 Å². The monoisotopic (exact) mass is 473 g/mol. The number of likely N-dealkylation sites (tertiary alicyclic amines) is 1. The summed E-state index contributed by atoms with van der Waals surface area (Å²) in [7, 11) is 1.84. The number of imidazole rings is 1. The van der Waals surface area contributed by atoms with Gasteiger partial charge in [0.05, 0.1) is 12.4 Å². The molecule has 1 N–H and O–H groups in total. The van der Waals surface area contributed by atoms with E-state index in [1.165, 1.54) is 5.56 Å². The Kier molecular flexibility index (Phi) is 7.56. The molecule has 1 aromatic heterocycles. The molecule has 1 fully saturated rings. The summed E-state index contributed by atoms with van der Waals surface area (Å²) in [5.74, 6) is 1.58. The van der Waals surface area contributed by atoms with Gasteiger partial charge in [-0.15, -0.1) is 24.0 Å². The highest BCUT2D eigenvalue weighted by atomic mass is 127. The Morgan fingerprint density at radius 2 is 2.12 bits per heavy atom. The Labute approximate surface area is 171 Å². The molecule has 25 heavy (non-hydrogen) atoms. The van der Waals surface area contributed by atoms with Crippen molar-refractivity contribution in [2.24, 2.45) is 10.9 Å². The Hall–Kier alpha value is -1.28. The Morgan fingerprint density at radius 1 is 1.36 bits per heavy atom. The normalized spacial score (nSPS) is 20.9. The molecule has 3 rings (SSSR count). The van der Waals surface area contributed by atoms with Crippen LogP contribution in [0.15, 0.2) is 48.0 Å². The molecule has 2 aromatic rings. The van der Waals surface area contributed by atoms with Crippen molar-refractivity contribution in [2.45, 2.75) is 25.9 Å². The van der Waals surface area contributed by atoms with Crippen molar-refractivity contribution < 1.29 is 0 Å². The lowest BCUT2D eigenvalue weighted by molar-refractivity contribution is 0.189. The smallest absolute Gasteiger partial charge is 0.193 e. The second kappa shape index (κ2) is 9.43. The van der Waals surface area contributed by atoms with Crippen LogP contribution in [-0.4, -0.2) is 40.5 Å². The van der Waals surface area contributed by atoms with Gasteiger partial charge in [-0.25, -0.2) is 4.98 Å². The van der Waals surface area contributed by atoms with Crippen molar-refractivity contribution in [3.05, 3.63) is 53.6 Å². The van der Waals surface area contributed by atoms with Crippen molar-refractivity contribution in [1.82, 2.24) is 19.8 Å². The van der Waals surface area contributed by atoms with Gasteiger partial charge >= 0.3 is 0 Å². The van der Waals surface area contributed by atoms with Crippen LogP contribution in [0.5, 0.6) is 0 Å².